The lowest BCUT2D eigenvalue weighted by atomic mass is 10.2. The first-order valence-electron chi connectivity index (χ1n) is 5.87. The summed E-state index contributed by atoms with van der Waals surface area (Å²) in [4.78, 5) is 31.6. The number of nitrogens with zero attached hydrogens (tertiary/aromatic N) is 2. The van der Waals surface area contributed by atoms with Crippen LogP contribution in [0.25, 0.3) is 0 Å². The van der Waals surface area contributed by atoms with Gasteiger partial charge in [0.05, 0.1) is 29.0 Å². The number of hydrogen-bond acceptors (Lipinski definition) is 5. The van der Waals surface area contributed by atoms with Gasteiger partial charge in [0.2, 0.25) is 0 Å². The molecule has 0 aromatic carbocycles. The molecule has 0 aliphatic rings. The second-order valence-corrected chi connectivity index (χ2v) is 5.31. The van der Waals surface area contributed by atoms with E-state index in [9.17, 15) is 9.59 Å². The fraction of sp³-hybridized carbons (Fsp3) is 0.231. The van der Waals surface area contributed by atoms with Crippen LogP contribution in [0.15, 0.2) is 18.5 Å². The normalized spacial score (nSPS) is 10.3. The highest BCUT2D eigenvalue weighted by atomic mass is 32.1. The molecule has 2 rings (SSSR count). The van der Waals surface area contributed by atoms with Crippen molar-refractivity contribution in [3.8, 4) is 0 Å². The van der Waals surface area contributed by atoms with E-state index in [2.05, 4.69) is 15.3 Å². The first-order chi connectivity index (χ1) is 9.47. The Bertz CT molecular complexity index is 649. The summed E-state index contributed by atoms with van der Waals surface area (Å²) < 4.78 is 0. The first-order valence-corrected chi connectivity index (χ1v) is 6.68. The molecular formula is C13H13N3O3S. The molecule has 0 aliphatic carbocycles. The average Bonchev–Trinajstić information content (AvgIpc) is 2.80. The van der Waals surface area contributed by atoms with Gasteiger partial charge in [-0.2, -0.15) is 0 Å². The SMILES string of the molecule is Cc1cnc(CNC(=O)c2cc(C)c(C(=O)O)s2)cn1. The molecule has 0 atom stereocenters. The minimum atomic E-state index is -1.02. The molecule has 20 heavy (non-hydrogen) atoms. The molecule has 0 radical (unpaired) electrons. The Balaban J connectivity index is 2.03. The Kier molecular flexibility index (Phi) is 4.09. The Morgan fingerprint density at radius 1 is 1.30 bits per heavy atom. The third kappa shape index (κ3) is 3.18. The van der Waals surface area contributed by atoms with E-state index in [1.165, 1.54) is 0 Å². The third-order valence-electron chi connectivity index (χ3n) is 2.60. The van der Waals surface area contributed by atoms with Gasteiger partial charge in [-0.25, -0.2) is 4.79 Å². The summed E-state index contributed by atoms with van der Waals surface area (Å²) in [6.45, 7) is 3.75. The van der Waals surface area contributed by atoms with Crippen molar-refractivity contribution < 1.29 is 14.7 Å². The minimum absolute atomic E-state index is 0.185. The molecule has 6 nitrogen and oxygen atoms in total. The monoisotopic (exact) mass is 291 g/mol. The highest BCUT2D eigenvalue weighted by molar-refractivity contribution is 7.16. The molecule has 7 heteroatoms. The number of rotatable bonds is 4. The van der Waals surface area contributed by atoms with E-state index in [0.717, 1.165) is 17.0 Å². The van der Waals surface area contributed by atoms with E-state index < -0.39 is 5.97 Å². The van der Waals surface area contributed by atoms with Gasteiger partial charge in [-0.05, 0) is 25.5 Å². The second-order valence-electron chi connectivity index (χ2n) is 4.26. The average molecular weight is 291 g/mol. The molecule has 0 saturated heterocycles. The van der Waals surface area contributed by atoms with Gasteiger partial charge < -0.3 is 10.4 Å². The largest absolute Gasteiger partial charge is 0.477 e. The summed E-state index contributed by atoms with van der Waals surface area (Å²) in [5, 5.41) is 11.6. The summed E-state index contributed by atoms with van der Waals surface area (Å²) in [7, 11) is 0. The molecule has 0 bridgehead atoms. The number of carbonyl (C=O) groups is 2. The maximum Gasteiger partial charge on any atom is 0.346 e. The Morgan fingerprint density at radius 2 is 2.05 bits per heavy atom. The van der Waals surface area contributed by atoms with Gasteiger partial charge in [-0.3, -0.25) is 14.8 Å². The summed E-state index contributed by atoms with van der Waals surface area (Å²) in [5.41, 5.74) is 2.04. The topological polar surface area (TPSA) is 92.2 Å². The van der Waals surface area contributed by atoms with E-state index in [0.29, 0.717) is 16.1 Å². The van der Waals surface area contributed by atoms with Gasteiger partial charge in [-0.1, -0.05) is 0 Å². The molecule has 2 aromatic rings. The van der Waals surface area contributed by atoms with E-state index in [1.807, 2.05) is 6.92 Å². The zero-order valence-corrected chi connectivity index (χ0v) is 11.8. The van der Waals surface area contributed by atoms with Crippen molar-refractivity contribution in [2.45, 2.75) is 20.4 Å². The van der Waals surface area contributed by atoms with Crippen LogP contribution in [-0.4, -0.2) is 27.0 Å². The lowest BCUT2D eigenvalue weighted by Gasteiger charge is -2.02. The zero-order chi connectivity index (χ0) is 14.7. The van der Waals surface area contributed by atoms with Gasteiger partial charge in [0.1, 0.15) is 4.88 Å². The summed E-state index contributed by atoms with van der Waals surface area (Å²) in [6.07, 6.45) is 3.22. The number of nitrogens with one attached hydrogen (secondary N) is 1. The van der Waals surface area contributed by atoms with Crippen LogP contribution >= 0.6 is 11.3 Å². The van der Waals surface area contributed by atoms with Gasteiger partial charge >= 0.3 is 5.97 Å². The number of aryl methyl sites for hydroxylation is 2. The van der Waals surface area contributed by atoms with Crippen LogP contribution in [0.2, 0.25) is 0 Å². The van der Waals surface area contributed by atoms with Crippen LogP contribution in [0.5, 0.6) is 0 Å². The van der Waals surface area contributed by atoms with Crippen LogP contribution in [0.4, 0.5) is 0 Å². The summed E-state index contributed by atoms with van der Waals surface area (Å²) >= 11 is 0.966. The molecule has 2 heterocycles. The number of aromatic carboxylic acids is 1. The highest BCUT2D eigenvalue weighted by Gasteiger charge is 2.16. The maximum atomic E-state index is 11.9. The molecule has 0 fully saturated rings. The number of aromatic nitrogens is 2. The van der Waals surface area contributed by atoms with Crippen LogP contribution in [0.1, 0.15) is 36.3 Å². The Labute approximate surface area is 119 Å². The lowest BCUT2D eigenvalue weighted by Crippen LogP contribution is -2.22. The number of hydrogen-bond donors (Lipinski definition) is 2. The van der Waals surface area contributed by atoms with Crippen molar-refractivity contribution in [3.05, 3.63) is 45.2 Å². The fourth-order valence-corrected chi connectivity index (χ4v) is 2.50. The highest BCUT2D eigenvalue weighted by Crippen LogP contribution is 2.21. The number of carboxylic acid groups (broad SMARTS) is 1. The Morgan fingerprint density at radius 3 is 2.60 bits per heavy atom. The number of thiophene rings is 1. The van der Waals surface area contributed by atoms with Crippen LogP contribution in [-0.2, 0) is 6.54 Å². The molecule has 0 spiro atoms. The zero-order valence-electron chi connectivity index (χ0n) is 11.0. The molecule has 0 saturated carbocycles. The summed E-state index contributed by atoms with van der Waals surface area (Å²) in [6, 6.07) is 1.57. The molecule has 0 unspecified atom stereocenters. The fourth-order valence-electron chi connectivity index (χ4n) is 1.57. The predicted molar refractivity (Wildman–Crippen MR) is 74.0 cm³/mol. The van der Waals surface area contributed by atoms with E-state index in [-0.39, 0.29) is 17.3 Å². The third-order valence-corrected chi connectivity index (χ3v) is 3.82. The lowest BCUT2D eigenvalue weighted by molar-refractivity contribution is 0.0701. The molecule has 0 aliphatic heterocycles. The smallest absolute Gasteiger partial charge is 0.346 e. The van der Waals surface area contributed by atoms with E-state index >= 15 is 0 Å². The van der Waals surface area contributed by atoms with Crippen molar-refractivity contribution in [2.75, 3.05) is 0 Å². The molecule has 104 valence electrons. The van der Waals surface area contributed by atoms with Gasteiger partial charge in [0, 0.05) is 6.20 Å². The van der Waals surface area contributed by atoms with E-state index in [1.54, 1.807) is 25.4 Å². The predicted octanol–water partition coefficient (Wildman–Crippen LogP) is 1.78. The quantitative estimate of drug-likeness (QED) is 0.895. The van der Waals surface area contributed by atoms with Crippen molar-refractivity contribution in [2.24, 2.45) is 0 Å². The second kappa shape index (κ2) is 5.79. The van der Waals surface area contributed by atoms with Crippen molar-refractivity contribution in [1.29, 1.82) is 0 Å². The van der Waals surface area contributed by atoms with Crippen molar-refractivity contribution in [1.82, 2.24) is 15.3 Å². The summed E-state index contributed by atoms with van der Waals surface area (Å²) in [5.74, 6) is -1.33. The molecule has 2 N–H and O–H groups in total. The minimum Gasteiger partial charge on any atom is -0.477 e. The van der Waals surface area contributed by atoms with E-state index in [4.69, 9.17) is 5.11 Å². The molecule has 1 amide bonds. The van der Waals surface area contributed by atoms with Crippen molar-refractivity contribution >= 4 is 23.2 Å². The number of amides is 1. The van der Waals surface area contributed by atoms with Crippen LogP contribution in [0, 0.1) is 13.8 Å². The van der Waals surface area contributed by atoms with Crippen LogP contribution in [0.3, 0.4) is 0 Å². The van der Waals surface area contributed by atoms with Gasteiger partial charge in [-0.15, -0.1) is 11.3 Å². The van der Waals surface area contributed by atoms with Gasteiger partial charge in [0.25, 0.3) is 5.91 Å². The first kappa shape index (κ1) is 14.1. The number of carboxylic acids is 1. The standard InChI is InChI=1S/C13H13N3O3S/c1-7-3-10(20-11(7)13(18)19)12(17)16-6-9-5-14-8(2)4-15-9/h3-5H,6H2,1-2H3,(H,16,17)(H,18,19). The molecular weight excluding hydrogens is 278 g/mol. The van der Waals surface area contributed by atoms with Crippen LogP contribution < -0.4 is 5.32 Å². The Hall–Kier alpha value is -2.28. The maximum absolute atomic E-state index is 11.9. The van der Waals surface area contributed by atoms with Crippen molar-refractivity contribution in [3.63, 3.8) is 0 Å². The van der Waals surface area contributed by atoms with Gasteiger partial charge in [0.15, 0.2) is 0 Å². The number of carbonyl (C=O) groups excluding carboxylic acids is 1. The molecule has 2 aromatic heterocycles.